The molecule has 18 heavy (non-hydrogen) atoms. The second-order valence-electron chi connectivity index (χ2n) is 5.67. The van der Waals surface area contributed by atoms with E-state index >= 15 is 0 Å². The van der Waals surface area contributed by atoms with Gasteiger partial charge in [-0.15, -0.1) is 0 Å². The zero-order valence-corrected chi connectivity index (χ0v) is 12.4. The van der Waals surface area contributed by atoms with Crippen molar-refractivity contribution < 1.29 is 4.74 Å². The Morgan fingerprint density at radius 2 is 1.83 bits per heavy atom. The minimum atomic E-state index is 0.231. The summed E-state index contributed by atoms with van der Waals surface area (Å²) < 4.78 is 5.69. The van der Waals surface area contributed by atoms with Crippen molar-refractivity contribution in [3.63, 3.8) is 0 Å². The van der Waals surface area contributed by atoms with Gasteiger partial charge >= 0.3 is 0 Å². The largest absolute Gasteiger partial charge is 0.491 e. The van der Waals surface area contributed by atoms with Gasteiger partial charge in [0.2, 0.25) is 0 Å². The Bertz CT molecular complexity index is 347. The maximum atomic E-state index is 5.69. The summed E-state index contributed by atoms with van der Waals surface area (Å²) in [6.45, 7) is 12.9. The summed E-state index contributed by atoms with van der Waals surface area (Å²) >= 11 is 0. The molecular weight excluding hydrogens is 222 g/mol. The van der Waals surface area contributed by atoms with Gasteiger partial charge in [0.15, 0.2) is 0 Å². The molecule has 1 atom stereocenters. The topological polar surface area (TPSA) is 21.3 Å². The molecule has 0 aliphatic carbocycles. The average Bonchev–Trinajstić information content (AvgIpc) is 2.28. The Labute approximate surface area is 112 Å². The Balaban J connectivity index is 2.42. The number of hydrogen-bond acceptors (Lipinski definition) is 2. The molecule has 2 heteroatoms. The first-order valence-electron chi connectivity index (χ1n) is 6.95. The molecule has 1 N–H and O–H groups in total. The highest BCUT2D eigenvalue weighted by atomic mass is 16.5. The third kappa shape index (κ3) is 5.54. The lowest BCUT2D eigenvalue weighted by Crippen LogP contribution is -2.23. The van der Waals surface area contributed by atoms with Crippen LogP contribution in [0.25, 0.3) is 0 Å². The lowest BCUT2D eigenvalue weighted by Gasteiger charge is -2.16. The molecule has 0 aliphatic heterocycles. The fourth-order valence-electron chi connectivity index (χ4n) is 1.68. The van der Waals surface area contributed by atoms with Crippen LogP contribution < -0.4 is 10.1 Å². The van der Waals surface area contributed by atoms with Gasteiger partial charge < -0.3 is 10.1 Å². The molecular formula is C16H27NO. The lowest BCUT2D eigenvalue weighted by molar-refractivity contribution is 0.242. The summed E-state index contributed by atoms with van der Waals surface area (Å²) in [5.74, 6) is 2.40. The molecule has 0 heterocycles. The average molecular weight is 249 g/mol. The van der Waals surface area contributed by atoms with Crippen molar-refractivity contribution in [2.24, 2.45) is 11.8 Å². The van der Waals surface area contributed by atoms with E-state index in [1.54, 1.807) is 0 Å². The number of nitrogens with one attached hydrogen (secondary N) is 1. The quantitative estimate of drug-likeness (QED) is 0.792. The third-order valence-electron chi connectivity index (χ3n) is 3.20. The van der Waals surface area contributed by atoms with Crippen LogP contribution in [0.4, 0.5) is 0 Å². The van der Waals surface area contributed by atoms with E-state index in [0.29, 0.717) is 5.92 Å². The fourth-order valence-corrected chi connectivity index (χ4v) is 1.68. The summed E-state index contributed by atoms with van der Waals surface area (Å²) in [7, 11) is 0. The monoisotopic (exact) mass is 249 g/mol. The second-order valence-corrected chi connectivity index (χ2v) is 5.67. The zero-order chi connectivity index (χ0) is 13.5. The third-order valence-corrected chi connectivity index (χ3v) is 3.20. The van der Waals surface area contributed by atoms with Gasteiger partial charge in [-0.05, 0) is 49.9 Å². The van der Waals surface area contributed by atoms with E-state index in [2.05, 4.69) is 58.1 Å². The SMILES string of the molecule is CC(C)Oc1cccc(CNCC(C)C(C)C)c1. The minimum absolute atomic E-state index is 0.231. The molecule has 102 valence electrons. The van der Waals surface area contributed by atoms with Crippen LogP contribution in [0.5, 0.6) is 5.75 Å². The molecule has 0 saturated heterocycles. The maximum Gasteiger partial charge on any atom is 0.120 e. The molecule has 1 rings (SSSR count). The Morgan fingerprint density at radius 3 is 2.44 bits per heavy atom. The van der Waals surface area contributed by atoms with Crippen LogP contribution in [0.2, 0.25) is 0 Å². The highest BCUT2D eigenvalue weighted by Crippen LogP contribution is 2.15. The standard InChI is InChI=1S/C16H27NO/c1-12(2)14(5)10-17-11-15-7-6-8-16(9-15)18-13(3)4/h6-9,12-14,17H,10-11H2,1-5H3. The number of rotatable bonds is 7. The first kappa shape index (κ1) is 15.0. The molecule has 0 spiro atoms. The number of hydrogen-bond donors (Lipinski definition) is 1. The van der Waals surface area contributed by atoms with Gasteiger partial charge in [-0.25, -0.2) is 0 Å². The summed E-state index contributed by atoms with van der Waals surface area (Å²) in [6, 6.07) is 8.33. The zero-order valence-electron chi connectivity index (χ0n) is 12.4. The molecule has 0 fully saturated rings. The van der Waals surface area contributed by atoms with E-state index < -0.39 is 0 Å². The van der Waals surface area contributed by atoms with E-state index in [9.17, 15) is 0 Å². The second kappa shape index (κ2) is 7.42. The highest BCUT2D eigenvalue weighted by molar-refractivity contribution is 5.28. The fraction of sp³-hybridized carbons (Fsp3) is 0.625. The van der Waals surface area contributed by atoms with Crippen molar-refractivity contribution >= 4 is 0 Å². The van der Waals surface area contributed by atoms with Gasteiger partial charge in [0.05, 0.1) is 6.10 Å². The van der Waals surface area contributed by atoms with Crippen molar-refractivity contribution in [2.45, 2.75) is 47.3 Å². The van der Waals surface area contributed by atoms with Crippen molar-refractivity contribution in [3.8, 4) is 5.75 Å². The summed E-state index contributed by atoms with van der Waals surface area (Å²) in [5.41, 5.74) is 1.28. The van der Waals surface area contributed by atoms with E-state index in [4.69, 9.17) is 4.74 Å². The van der Waals surface area contributed by atoms with Crippen molar-refractivity contribution in [2.75, 3.05) is 6.54 Å². The predicted octanol–water partition coefficient (Wildman–Crippen LogP) is 3.86. The Hall–Kier alpha value is -1.02. The van der Waals surface area contributed by atoms with Crippen molar-refractivity contribution in [1.82, 2.24) is 5.32 Å². The van der Waals surface area contributed by atoms with Gasteiger partial charge in [-0.3, -0.25) is 0 Å². The lowest BCUT2D eigenvalue weighted by atomic mass is 9.98. The molecule has 0 aromatic heterocycles. The van der Waals surface area contributed by atoms with Crippen molar-refractivity contribution in [1.29, 1.82) is 0 Å². The first-order valence-corrected chi connectivity index (χ1v) is 6.95. The van der Waals surface area contributed by atoms with E-state index in [0.717, 1.165) is 24.8 Å². The normalized spacial score (nSPS) is 13.1. The van der Waals surface area contributed by atoms with Gasteiger partial charge in [-0.2, -0.15) is 0 Å². The number of ether oxygens (including phenoxy) is 1. The van der Waals surface area contributed by atoms with Crippen LogP contribution in [0.15, 0.2) is 24.3 Å². The summed E-state index contributed by atoms with van der Waals surface area (Å²) in [6.07, 6.45) is 0.231. The van der Waals surface area contributed by atoms with Gasteiger partial charge in [-0.1, -0.05) is 32.9 Å². The van der Waals surface area contributed by atoms with Crippen LogP contribution in [0.1, 0.15) is 40.2 Å². The summed E-state index contributed by atoms with van der Waals surface area (Å²) in [4.78, 5) is 0. The predicted molar refractivity (Wildman–Crippen MR) is 77.9 cm³/mol. The molecule has 0 radical (unpaired) electrons. The Morgan fingerprint density at radius 1 is 1.11 bits per heavy atom. The van der Waals surface area contributed by atoms with E-state index in [1.807, 2.05) is 6.07 Å². The maximum absolute atomic E-state index is 5.69. The molecule has 2 nitrogen and oxygen atoms in total. The van der Waals surface area contributed by atoms with Crippen LogP contribution in [0, 0.1) is 11.8 Å². The first-order chi connectivity index (χ1) is 8.49. The molecule has 0 aliphatic rings. The van der Waals surface area contributed by atoms with Crippen LogP contribution in [0.3, 0.4) is 0 Å². The van der Waals surface area contributed by atoms with E-state index in [1.165, 1.54) is 5.56 Å². The van der Waals surface area contributed by atoms with Crippen LogP contribution in [-0.2, 0) is 6.54 Å². The Kier molecular flexibility index (Phi) is 6.20. The molecule has 0 amide bonds. The van der Waals surface area contributed by atoms with Gasteiger partial charge in [0.25, 0.3) is 0 Å². The molecule has 1 unspecified atom stereocenters. The summed E-state index contributed by atoms with van der Waals surface area (Å²) in [5, 5.41) is 3.51. The van der Waals surface area contributed by atoms with Crippen LogP contribution >= 0.6 is 0 Å². The van der Waals surface area contributed by atoms with Gasteiger partial charge in [0.1, 0.15) is 5.75 Å². The van der Waals surface area contributed by atoms with Crippen molar-refractivity contribution in [3.05, 3.63) is 29.8 Å². The molecule has 1 aromatic carbocycles. The highest BCUT2D eigenvalue weighted by Gasteiger charge is 2.06. The van der Waals surface area contributed by atoms with Gasteiger partial charge in [0, 0.05) is 6.54 Å². The minimum Gasteiger partial charge on any atom is -0.491 e. The molecule has 0 saturated carbocycles. The number of benzene rings is 1. The van der Waals surface area contributed by atoms with Crippen LogP contribution in [-0.4, -0.2) is 12.6 Å². The van der Waals surface area contributed by atoms with E-state index in [-0.39, 0.29) is 6.10 Å². The molecule has 1 aromatic rings. The smallest absolute Gasteiger partial charge is 0.120 e. The molecule has 0 bridgehead atoms.